The summed E-state index contributed by atoms with van der Waals surface area (Å²) >= 11 is 0. The van der Waals surface area contributed by atoms with E-state index in [2.05, 4.69) is 41.2 Å². The van der Waals surface area contributed by atoms with E-state index >= 15 is 0 Å². The van der Waals surface area contributed by atoms with Crippen LogP contribution < -0.4 is 33.4 Å². The number of hydrogen-bond acceptors (Lipinski definition) is 9. The molecule has 5 heterocycles. The largest absolute Gasteiger partial charge is 0.493 e. The summed E-state index contributed by atoms with van der Waals surface area (Å²) < 4.78 is 37.6. The fourth-order valence-electron chi connectivity index (χ4n) is 8.27. The minimum Gasteiger partial charge on any atom is -0.493 e. The Morgan fingerprint density at radius 1 is 0.750 bits per heavy atom. The number of anilines is 1. The number of amides is 1. The molecular weight excluding hydrogens is 658 g/mol. The highest BCUT2D eigenvalue weighted by Gasteiger charge is 2.43. The molecule has 10 heteroatoms. The maximum absolute atomic E-state index is 14.2. The van der Waals surface area contributed by atoms with Crippen LogP contribution in [0, 0.1) is 0 Å². The highest BCUT2D eigenvalue weighted by Crippen LogP contribution is 2.54. The average Bonchev–Trinajstić information content (AvgIpc) is 3.14. The Kier molecular flexibility index (Phi) is 8.75. The van der Waals surface area contributed by atoms with Crippen LogP contribution in [0.25, 0.3) is 0 Å². The fourth-order valence-corrected chi connectivity index (χ4v) is 8.27. The summed E-state index contributed by atoms with van der Waals surface area (Å²) in [6.07, 6.45) is 4.61. The van der Waals surface area contributed by atoms with Gasteiger partial charge in [0.25, 0.3) is 5.91 Å². The number of benzene rings is 4. The zero-order valence-electron chi connectivity index (χ0n) is 30.9. The first kappa shape index (κ1) is 33.9. The van der Waals surface area contributed by atoms with Gasteiger partial charge < -0.3 is 28.4 Å². The molecule has 10 nitrogen and oxygen atoms in total. The topological polar surface area (TPSA) is 82.2 Å². The van der Waals surface area contributed by atoms with Gasteiger partial charge in [-0.2, -0.15) is 0 Å². The van der Waals surface area contributed by atoms with Crippen molar-refractivity contribution in [2.45, 2.75) is 51.6 Å². The Morgan fingerprint density at radius 2 is 1.44 bits per heavy atom. The number of carbonyl (C=O) groups is 1. The van der Waals surface area contributed by atoms with Gasteiger partial charge in [-0.3, -0.25) is 9.69 Å². The summed E-state index contributed by atoms with van der Waals surface area (Å²) in [6, 6.07) is 18.3. The molecule has 4 aromatic carbocycles. The molecule has 1 unspecified atom stereocenters. The number of hydrazine groups is 1. The molecule has 270 valence electrons. The standard InChI is InChI=1S/C42H45N3O7/c1-24(2)16-39(46)45-31-23-35(48-5)36-21-28(31)18-33-40-27(13-15-44(33)45)20-38(49-6)41(50-7)42(40)52-37-22-30-26(19-34(37)47-4)12-14-43(3)32(30)17-25-8-10-29(51-36)11-9-25/h8-11,16,19-23,32-33H,12-15,17-18H2,1-7H3/t32?,33-/m0/s1. The van der Waals surface area contributed by atoms with E-state index in [0.717, 1.165) is 47.3 Å². The van der Waals surface area contributed by atoms with Gasteiger partial charge in [0.05, 0.1) is 40.2 Å². The second kappa shape index (κ2) is 13.4. The molecule has 0 radical (unpaired) electrons. The molecule has 9 rings (SSSR count). The van der Waals surface area contributed by atoms with Crippen LogP contribution in [0.15, 0.2) is 66.2 Å². The average molecular weight is 704 g/mol. The van der Waals surface area contributed by atoms with E-state index < -0.39 is 0 Å². The Morgan fingerprint density at radius 3 is 2.15 bits per heavy atom. The summed E-state index contributed by atoms with van der Waals surface area (Å²) in [5, 5.41) is 3.94. The van der Waals surface area contributed by atoms with Gasteiger partial charge in [0.1, 0.15) is 5.75 Å². The van der Waals surface area contributed by atoms with Crippen LogP contribution in [-0.4, -0.2) is 64.4 Å². The number of hydrogen-bond donors (Lipinski definition) is 0. The second-order valence-corrected chi connectivity index (χ2v) is 14.2. The fraction of sp³-hybridized carbons (Fsp3) is 0.357. The van der Waals surface area contributed by atoms with E-state index in [1.54, 1.807) is 39.5 Å². The molecule has 0 N–H and O–H groups in total. The van der Waals surface area contributed by atoms with Crippen molar-refractivity contribution in [1.82, 2.24) is 9.91 Å². The van der Waals surface area contributed by atoms with Crippen LogP contribution >= 0.6 is 0 Å². The van der Waals surface area contributed by atoms with Crippen molar-refractivity contribution < 1.29 is 33.2 Å². The molecule has 0 aromatic heterocycles. The third-order valence-electron chi connectivity index (χ3n) is 10.8. The van der Waals surface area contributed by atoms with Gasteiger partial charge in [-0.25, -0.2) is 10.0 Å². The molecule has 0 spiro atoms. The lowest BCUT2D eigenvalue weighted by atomic mass is 9.85. The summed E-state index contributed by atoms with van der Waals surface area (Å²) in [5.74, 6) is 4.54. The predicted molar refractivity (Wildman–Crippen MR) is 199 cm³/mol. The molecule has 5 aliphatic rings. The third kappa shape index (κ3) is 5.70. The van der Waals surface area contributed by atoms with E-state index in [0.29, 0.717) is 65.4 Å². The third-order valence-corrected chi connectivity index (χ3v) is 10.8. The van der Waals surface area contributed by atoms with Gasteiger partial charge in [-0.1, -0.05) is 17.7 Å². The van der Waals surface area contributed by atoms with Gasteiger partial charge in [0.15, 0.2) is 34.5 Å². The highest BCUT2D eigenvalue weighted by molar-refractivity contribution is 6.02. The first-order valence-corrected chi connectivity index (χ1v) is 17.8. The van der Waals surface area contributed by atoms with Crippen LogP contribution in [0.1, 0.15) is 59.3 Å². The summed E-state index contributed by atoms with van der Waals surface area (Å²) in [7, 11) is 8.76. The SMILES string of the molecule is COc1cc2c3cc1Oc1ccc(cc1)CC1c4cc(c(OC)cc4CCN1C)Oc1c(OC)c(OC)cc4c1[C@H](C3)N(CC4)N2C(=O)C=C(C)C. The molecule has 0 fully saturated rings. The van der Waals surface area contributed by atoms with Gasteiger partial charge >= 0.3 is 0 Å². The van der Waals surface area contributed by atoms with Gasteiger partial charge in [0, 0.05) is 36.8 Å². The number of methoxy groups -OCH3 is 4. The predicted octanol–water partition coefficient (Wildman–Crippen LogP) is 7.76. The Balaban J connectivity index is 1.41. The van der Waals surface area contributed by atoms with Crippen molar-refractivity contribution in [2.75, 3.05) is 53.6 Å². The Labute approximate surface area is 305 Å². The van der Waals surface area contributed by atoms with Crippen molar-refractivity contribution in [3.05, 3.63) is 99.6 Å². The highest BCUT2D eigenvalue weighted by atomic mass is 16.5. The Bertz CT molecular complexity index is 2090. The number of nitrogens with zero attached hydrogens (tertiary/aromatic N) is 3. The zero-order chi connectivity index (χ0) is 36.3. The van der Waals surface area contributed by atoms with Crippen molar-refractivity contribution in [2.24, 2.45) is 0 Å². The van der Waals surface area contributed by atoms with Crippen LogP contribution in [0.5, 0.6) is 46.0 Å². The van der Waals surface area contributed by atoms with E-state index in [1.165, 1.54) is 16.7 Å². The Hall–Kier alpha value is -5.19. The van der Waals surface area contributed by atoms with Gasteiger partial charge in [-0.05, 0) is 111 Å². The van der Waals surface area contributed by atoms with Crippen LogP contribution in [0.3, 0.4) is 0 Å². The summed E-state index contributed by atoms with van der Waals surface area (Å²) in [4.78, 5) is 16.6. The first-order valence-electron chi connectivity index (χ1n) is 17.8. The van der Waals surface area contributed by atoms with Crippen LogP contribution in [0.4, 0.5) is 5.69 Å². The number of carbonyl (C=O) groups excluding carboxylic acids is 1. The molecule has 0 saturated heterocycles. The lowest BCUT2D eigenvalue weighted by Crippen LogP contribution is -2.54. The number of fused-ring (bicyclic) bond motifs is 2. The molecule has 2 atom stereocenters. The molecule has 52 heavy (non-hydrogen) atoms. The normalized spacial score (nSPS) is 18.8. The van der Waals surface area contributed by atoms with E-state index in [-0.39, 0.29) is 18.0 Å². The van der Waals surface area contributed by atoms with Crippen molar-refractivity contribution in [3.8, 4) is 46.0 Å². The van der Waals surface area contributed by atoms with Crippen molar-refractivity contribution in [1.29, 1.82) is 0 Å². The summed E-state index contributed by atoms with van der Waals surface area (Å²) in [6.45, 7) is 5.38. The summed E-state index contributed by atoms with van der Waals surface area (Å²) in [5.41, 5.74) is 8.24. The second-order valence-electron chi connectivity index (χ2n) is 14.2. The van der Waals surface area contributed by atoms with Crippen molar-refractivity contribution in [3.63, 3.8) is 0 Å². The van der Waals surface area contributed by atoms with E-state index in [4.69, 9.17) is 28.4 Å². The number of likely N-dealkylation sites (N-methyl/N-ethyl adjacent to an activating group) is 1. The van der Waals surface area contributed by atoms with Gasteiger partial charge in [-0.15, -0.1) is 0 Å². The monoisotopic (exact) mass is 703 g/mol. The maximum atomic E-state index is 14.2. The molecule has 4 aromatic rings. The molecule has 5 aliphatic heterocycles. The minimum atomic E-state index is -0.289. The van der Waals surface area contributed by atoms with Gasteiger partial charge in [0.2, 0.25) is 5.75 Å². The lowest BCUT2D eigenvalue weighted by Gasteiger charge is -2.48. The first-order chi connectivity index (χ1) is 25.2. The number of ether oxygens (including phenoxy) is 6. The van der Waals surface area contributed by atoms with E-state index in [1.807, 2.05) is 44.2 Å². The zero-order valence-corrected chi connectivity index (χ0v) is 30.9. The molecule has 1 amide bonds. The number of rotatable bonds is 5. The van der Waals surface area contributed by atoms with Crippen LogP contribution in [0.2, 0.25) is 0 Å². The molecule has 0 aliphatic carbocycles. The number of allylic oxidation sites excluding steroid dienone is 1. The molecular formula is C42H45N3O7. The lowest BCUT2D eigenvalue weighted by molar-refractivity contribution is -0.118. The van der Waals surface area contributed by atoms with Crippen molar-refractivity contribution >= 4 is 11.6 Å². The van der Waals surface area contributed by atoms with E-state index in [9.17, 15) is 4.79 Å². The maximum Gasteiger partial charge on any atom is 0.265 e. The molecule has 0 saturated carbocycles. The smallest absolute Gasteiger partial charge is 0.265 e. The molecule has 7 bridgehead atoms. The van der Waals surface area contributed by atoms with Crippen LogP contribution in [-0.2, 0) is 30.5 Å². The minimum absolute atomic E-state index is 0.113. The quantitative estimate of drug-likeness (QED) is 0.194.